The molecule has 4 nitrogen and oxygen atoms in total. The van der Waals surface area contributed by atoms with Crippen molar-refractivity contribution >= 4 is 28.8 Å². The highest BCUT2D eigenvalue weighted by molar-refractivity contribution is 7.17. The number of carbonyl (C=O) groups excluding carboxylic acids is 1. The van der Waals surface area contributed by atoms with E-state index in [-0.39, 0.29) is 11.1 Å². The van der Waals surface area contributed by atoms with Gasteiger partial charge in [0.25, 0.3) is 5.91 Å². The highest BCUT2D eigenvalue weighted by atomic mass is 35.5. The molecule has 88 valence electrons. The van der Waals surface area contributed by atoms with Crippen molar-refractivity contribution in [1.82, 2.24) is 15.3 Å². The molecule has 0 saturated heterocycles. The van der Waals surface area contributed by atoms with Crippen molar-refractivity contribution in [2.75, 3.05) is 6.54 Å². The maximum Gasteiger partial charge on any atom is 0.264 e. The molecule has 0 spiro atoms. The second-order valence-electron chi connectivity index (χ2n) is 3.24. The number of halogens is 1. The molecular weight excluding hydrogens is 258 g/mol. The van der Waals surface area contributed by atoms with Gasteiger partial charge >= 0.3 is 0 Å². The summed E-state index contributed by atoms with van der Waals surface area (Å²) < 4.78 is 0. The monoisotopic (exact) mass is 267 g/mol. The lowest BCUT2D eigenvalue weighted by Crippen LogP contribution is -2.21. The Balaban J connectivity index is 2.34. The number of carbonyl (C=O) groups is 1. The van der Waals surface area contributed by atoms with Gasteiger partial charge < -0.3 is 5.32 Å². The van der Waals surface area contributed by atoms with Crippen LogP contribution in [0.1, 0.15) is 16.6 Å². The van der Waals surface area contributed by atoms with E-state index >= 15 is 0 Å². The van der Waals surface area contributed by atoms with Crippen LogP contribution in [0.3, 0.4) is 0 Å². The molecule has 1 amide bonds. The predicted molar refractivity (Wildman–Crippen MR) is 68.4 cm³/mol. The minimum absolute atomic E-state index is 0.190. The van der Waals surface area contributed by atoms with Gasteiger partial charge in [0, 0.05) is 24.5 Å². The van der Waals surface area contributed by atoms with Crippen LogP contribution in [0.2, 0.25) is 5.15 Å². The van der Waals surface area contributed by atoms with Crippen LogP contribution in [0.25, 0.3) is 10.6 Å². The Hall–Kier alpha value is -1.46. The molecule has 0 fully saturated rings. The zero-order valence-electron chi connectivity index (χ0n) is 9.11. The van der Waals surface area contributed by atoms with Gasteiger partial charge in [0.05, 0.1) is 0 Å². The van der Waals surface area contributed by atoms with Crippen LogP contribution in [0.5, 0.6) is 0 Å². The lowest BCUT2D eigenvalue weighted by molar-refractivity contribution is 0.0960. The second kappa shape index (κ2) is 5.25. The van der Waals surface area contributed by atoms with Crippen LogP contribution in [0.15, 0.2) is 24.5 Å². The van der Waals surface area contributed by atoms with E-state index in [4.69, 9.17) is 11.6 Å². The van der Waals surface area contributed by atoms with Gasteiger partial charge in [0.2, 0.25) is 0 Å². The first-order valence-corrected chi connectivity index (χ1v) is 6.26. The molecule has 0 aliphatic heterocycles. The van der Waals surface area contributed by atoms with Gasteiger partial charge in [-0.3, -0.25) is 9.78 Å². The van der Waals surface area contributed by atoms with Crippen molar-refractivity contribution in [1.29, 1.82) is 0 Å². The molecule has 0 unspecified atom stereocenters. The van der Waals surface area contributed by atoms with Crippen LogP contribution in [0.4, 0.5) is 0 Å². The summed E-state index contributed by atoms with van der Waals surface area (Å²) in [6.45, 7) is 2.42. The largest absolute Gasteiger partial charge is 0.352 e. The summed E-state index contributed by atoms with van der Waals surface area (Å²) in [7, 11) is 0. The van der Waals surface area contributed by atoms with Crippen LogP contribution in [0, 0.1) is 0 Å². The molecule has 2 rings (SSSR count). The number of hydrogen-bond acceptors (Lipinski definition) is 4. The quantitative estimate of drug-likeness (QED) is 0.930. The Labute approximate surface area is 108 Å². The molecule has 17 heavy (non-hydrogen) atoms. The fourth-order valence-electron chi connectivity index (χ4n) is 1.30. The summed E-state index contributed by atoms with van der Waals surface area (Å²) in [5.41, 5.74) is 0.856. The summed E-state index contributed by atoms with van der Waals surface area (Å²) in [4.78, 5) is 20.3. The van der Waals surface area contributed by atoms with Gasteiger partial charge in [0.1, 0.15) is 9.88 Å². The van der Waals surface area contributed by atoms with Gasteiger partial charge in [-0.1, -0.05) is 11.6 Å². The van der Waals surface area contributed by atoms with Crippen molar-refractivity contribution in [2.45, 2.75) is 6.92 Å². The zero-order chi connectivity index (χ0) is 12.3. The molecular formula is C11H10ClN3OS. The van der Waals surface area contributed by atoms with Gasteiger partial charge in [-0.15, -0.1) is 11.3 Å². The van der Waals surface area contributed by atoms with Gasteiger partial charge in [-0.2, -0.15) is 0 Å². The molecule has 2 aromatic heterocycles. The average molecular weight is 268 g/mol. The van der Waals surface area contributed by atoms with Crippen molar-refractivity contribution in [2.24, 2.45) is 0 Å². The smallest absolute Gasteiger partial charge is 0.264 e. The van der Waals surface area contributed by atoms with Gasteiger partial charge in [-0.25, -0.2) is 4.98 Å². The van der Waals surface area contributed by atoms with E-state index in [1.54, 1.807) is 12.4 Å². The van der Waals surface area contributed by atoms with E-state index in [0.29, 0.717) is 16.4 Å². The molecule has 0 bridgehead atoms. The van der Waals surface area contributed by atoms with Crippen LogP contribution in [-0.2, 0) is 0 Å². The highest BCUT2D eigenvalue weighted by Crippen LogP contribution is 2.30. The zero-order valence-corrected chi connectivity index (χ0v) is 10.7. The number of hydrogen-bond donors (Lipinski definition) is 1. The Kier molecular flexibility index (Phi) is 3.71. The third-order valence-corrected chi connectivity index (χ3v) is 3.53. The van der Waals surface area contributed by atoms with Crippen LogP contribution >= 0.6 is 22.9 Å². The molecule has 0 aliphatic rings. The summed E-state index contributed by atoms with van der Waals surface area (Å²) in [6.07, 6.45) is 3.38. The Morgan fingerprint density at radius 3 is 3.06 bits per heavy atom. The van der Waals surface area contributed by atoms with Crippen LogP contribution < -0.4 is 5.32 Å². The first-order chi connectivity index (χ1) is 8.22. The van der Waals surface area contributed by atoms with E-state index in [0.717, 1.165) is 5.56 Å². The fraction of sp³-hybridized carbons (Fsp3) is 0.182. The van der Waals surface area contributed by atoms with E-state index < -0.39 is 0 Å². The van der Waals surface area contributed by atoms with Crippen molar-refractivity contribution in [3.05, 3.63) is 34.6 Å². The number of aromatic nitrogens is 2. The standard InChI is InChI=1S/C11H10ClN3OS/c1-2-14-10(16)8-9(12)15-11(17-8)7-4-3-5-13-6-7/h3-6H,2H2,1H3,(H,14,16). The average Bonchev–Trinajstić information content (AvgIpc) is 2.73. The Morgan fingerprint density at radius 2 is 2.41 bits per heavy atom. The molecule has 6 heteroatoms. The number of pyridine rings is 1. The number of rotatable bonds is 3. The number of nitrogens with zero attached hydrogens (tertiary/aromatic N) is 2. The van der Waals surface area contributed by atoms with Crippen molar-refractivity contribution in [3.8, 4) is 10.6 Å². The fourth-order valence-corrected chi connectivity index (χ4v) is 2.49. The van der Waals surface area contributed by atoms with Gasteiger partial charge in [-0.05, 0) is 19.1 Å². The lowest BCUT2D eigenvalue weighted by Gasteiger charge is -1.97. The molecule has 2 aromatic rings. The molecule has 0 atom stereocenters. The molecule has 0 radical (unpaired) electrons. The molecule has 2 heterocycles. The summed E-state index contributed by atoms with van der Waals surface area (Å²) in [5.74, 6) is -0.190. The van der Waals surface area contributed by atoms with E-state index in [1.165, 1.54) is 11.3 Å². The third kappa shape index (κ3) is 2.62. The number of amides is 1. The summed E-state index contributed by atoms with van der Waals surface area (Å²) in [6, 6.07) is 3.69. The first kappa shape index (κ1) is 12.0. The number of thiazole rings is 1. The molecule has 0 aromatic carbocycles. The maximum absolute atomic E-state index is 11.7. The molecule has 0 aliphatic carbocycles. The predicted octanol–water partition coefficient (Wildman–Crippen LogP) is 2.61. The minimum Gasteiger partial charge on any atom is -0.352 e. The van der Waals surface area contributed by atoms with Crippen molar-refractivity contribution in [3.63, 3.8) is 0 Å². The maximum atomic E-state index is 11.7. The normalized spacial score (nSPS) is 10.2. The summed E-state index contributed by atoms with van der Waals surface area (Å²) >= 11 is 7.21. The van der Waals surface area contributed by atoms with E-state index in [2.05, 4.69) is 15.3 Å². The SMILES string of the molecule is CCNC(=O)c1sc(-c2cccnc2)nc1Cl. The summed E-state index contributed by atoms with van der Waals surface area (Å²) in [5, 5.41) is 3.63. The topological polar surface area (TPSA) is 54.9 Å². The van der Waals surface area contributed by atoms with E-state index in [1.807, 2.05) is 19.1 Å². The Bertz CT molecular complexity index is 527. The molecule has 1 N–H and O–H groups in total. The first-order valence-electron chi connectivity index (χ1n) is 5.07. The third-order valence-electron chi connectivity index (χ3n) is 2.04. The molecule has 0 saturated carbocycles. The minimum atomic E-state index is -0.190. The van der Waals surface area contributed by atoms with Crippen LogP contribution in [-0.4, -0.2) is 22.4 Å². The van der Waals surface area contributed by atoms with Crippen molar-refractivity contribution < 1.29 is 4.79 Å². The van der Waals surface area contributed by atoms with Gasteiger partial charge in [0.15, 0.2) is 5.15 Å². The highest BCUT2D eigenvalue weighted by Gasteiger charge is 2.16. The van der Waals surface area contributed by atoms with E-state index in [9.17, 15) is 4.79 Å². The lowest BCUT2D eigenvalue weighted by atomic mass is 10.3. The second-order valence-corrected chi connectivity index (χ2v) is 4.60. The Morgan fingerprint density at radius 1 is 1.59 bits per heavy atom. The number of nitrogens with one attached hydrogen (secondary N) is 1.